The maximum Gasteiger partial charge on any atom is 0.340 e. The van der Waals surface area contributed by atoms with Crippen LogP contribution in [0.3, 0.4) is 0 Å². The number of rotatable bonds is 9. The van der Waals surface area contributed by atoms with E-state index in [9.17, 15) is 4.79 Å². The van der Waals surface area contributed by atoms with Gasteiger partial charge in [-0.3, -0.25) is 0 Å². The monoisotopic (exact) mass is 384 g/mol. The summed E-state index contributed by atoms with van der Waals surface area (Å²) in [5, 5.41) is 0. The highest BCUT2D eigenvalue weighted by atomic mass is 16.7. The summed E-state index contributed by atoms with van der Waals surface area (Å²) in [5.74, 6) is 0.283. The predicted octanol–water partition coefficient (Wildman–Crippen LogP) is 4.61. The molecule has 0 radical (unpaired) electrons. The van der Waals surface area contributed by atoms with Crippen LogP contribution in [-0.2, 0) is 20.8 Å². The second-order valence-corrected chi connectivity index (χ2v) is 6.60. The highest BCUT2D eigenvalue weighted by molar-refractivity contribution is 5.96. The molecule has 0 amide bonds. The molecule has 0 saturated carbocycles. The zero-order valence-electron chi connectivity index (χ0n) is 17.3. The minimum Gasteiger partial charge on any atom is -0.488 e. The molecule has 0 aliphatic heterocycles. The number of carbonyl (C=O) groups excluding carboxylic acids is 1. The van der Waals surface area contributed by atoms with Crippen molar-refractivity contribution in [2.45, 2.75) is 27.4 Å². The lowest BCUT2D eigenvalue weighted by atomic mass is 9.89. The van der Waals surface area contributed by atoms with Crippen LogP contribution < -0.4 is 4.74 Å². The Morgan fingerprint density at radius 2 is 1.61 bits per heavy atom. The third-order valence-electron chi connectivity index (χ3n) is 4.67. The number of ether oxygens (including phenoxy) is 4. The fraction of sp³-hybridized carbons (Fsp3) is 0.348. The molecule has 0 aliphatic carbocycles. The topological polar surface area (TPSA) is 54.0 Å². The van der Waals surface area contributed by atoms with E-state index in [1.54, 1.807) is 7.11 Å². The Balaban J connectivity index is 2.53. The molecule has 5 nitrogen and oxygen atoms in total. The van der Waals surface area contributed by atoms with Gasteiger partial charge in [0, 0.05) is 19.8 Å². The largest absolute Gasteiger partial charge is 0.488 e. The SMILES string of the molecule is C=C(COC)c1c(C)c(C(=O)OCOC)c(C)c(C)c1OCc1ccccc1. The molecular weight excluding hydrogens is 356 g/mol. The summed E-state index contributed by atoms with van der Waals surface area (Å²) in [4.78, 5) is 12.6. The van der Waals surface area contributed by atoms with Crippen LogP contribution in [0.4, 0.5) is 0 Å². The summed E-state index contributed by atoms with van der Waals surface area (Å²) in [6.45, 7) is 10.5. The predicted molar refractivity (Wildman–Crippen MR) is 110 cm³/mol. The first-order chi connectivity index (χ1) is 13.4. The molecule has 0 fully saturated rings. The molecule has 2 aromatic carbocycles. The summed E-state index contributed by atoms with van der Waals surface area (Å²) in [6.07, 6.45) is 0. The molecule has 0 heterocycles. The van der Waals surface area contributed by atoms with E-state index < -0.39 is 5.97 Å². The van der Waals surface area contributed by atoms with Crippen molar-refractivity contribution < 1.29 is 23.7 Å². The summed E-state index contributed by atoms with van der Waals surface area (Å²) >= 11 is 0. The molecule has 0 spiro atoms. The Bertz CT molecular complexity index is 840. The van der Waals surface area contributed by atoms with Crippen molar-refractivity contribution in [1.29, 1.82) is 0 Å². The van der Waals surface area contributed by atoms with Crippen molar-refractivity contribution in [2.24, 2.45) is 0 Å². The molecule has 0 saturated heterocycles. The highest BCUT2D eigenvalue weighted by Crippen LogP contribution is 2.38. The summed E-state index contributed by atoms with van der Waals surface area (Å²) in [6, 6.07) is 9.93. The van der Waals surface area contributed by atoms with Gasteiger partial charge in [0.15, 0.2) is 6.79 Å². The quantitative estimate of drug-likeness (QED) is 0.467. The van der Waals surface area contributed by atoms with Crippen molar-refractivity contribution in [3.05, 3.63) is 70.3 Å². The summed E-state index contributed by atoms with van der Waals surface area (Å²) < 4.78 is 21.5. The standard InChI is InChI=1S/C23H28O5/c1-15(12-25-5)20-18(4)21(23(24)28-14-26-6)16(2)17(3)22(20)27-13-19-10-8-7-9-11-19/h7-11H,1,12-14H2,2-6H3. The van der Waals surface area contributed by atoms with E-state index >= 15 is 0 Å². The van der Waals surface area contributed by atoms with Gasteiger partial charge in [-0.2, -0.15) is 0 Å². The maximum atomic E-state index is 12.6. The third-order valence-corrected chi connectivity index (χ3v) is 4.67. The van der Waals surface area contributed by atoms with Gasteiger partial charge in [-0.05, 0) is 48.6 Å². The van der Waals surface area contributed by atoms with Crippen LogP contribution in [0.15, 0.2) is 36.9 Å². The molecular formula is C23H28O5. The van der Waals surface area contributed by atoms with E-state index in [0.29, 0.717) is 24.5 Å². The van der Waals surface area contributed by atoms with Gasteiger partial charge in [0.1, 0.15) is 12.4 Å². The first-order valence-electron chi connectivity index (χ1n) is 9.05. The van der Waals surface area contributed by atoms with Crippen molar-refractivity contribution >= 4 is 11.5 Å². The van der Waals surface area contributed by atoms with E-state index in [-0.39, 0.29) is 6.79 Å². The van der Waals surface area contributed by atoms with E-state index in [1.165, 1.54) is 7.11 Å². The molecule has 0 N–H and O–H groups in total. The fourth-order valence-electron chi connectivity index (χ4n) is 3.19. The summed E-state index contributed by atoms with van der Waals surface area (Å²) in [7, 11) is 3.09. The van der Waals surface area contributed by atoms with Crippen LogP contribution in [0.5, 0.6) is 5.75 Å². The molecule has 2 rings (SSSR count). The fourth-order valence-corrected chi connectivity index (χ4v) is 3.19. The molecule has 2 aromatic rings. The Kier molecular flexibility index (Phi) is 7.79. The minimum absolute atomic E-state index is 0.0998. The van der Waals surface area contributed by atoms with Gasteiger partial charge in [0.05, 0.1) is 12.2 Å². The molecule has 0 aliphatic rings. The first kappa shape index (κ1) is 21.7. The number of benzene rings is 2. The minimum atomic E-state index is -0.430. The average Bonchev–Trinajstić information content (AvgIpc) is 2.69. The van der Waals surface area contributed by atoms with Gasteiger partial charge in [-0.15, -0.1) is 0 Å². The Morgan fingerprint density at radius 1 is 0.929 bits per heavy atom. The van der Waals surface area contributed by atoms with Crippen LogP contribution in [0.2, 0.25) is 0 Å². The van der Waals surface area contributed by atoms with E-state index in [1.807, 2.05) is 51.1 Å². The third kappa shape index (κ3) is 4.80. The smallest absolute Gasteiger partial charge is 0.340 e. The number of hydrogen-bond donors (Lipinski definition) is 0. The van der Waals surface area contributed by atoms with Crippen LogP contribution in [0.1, 0.15) is 38.2 Å². The van der Waals surface area contributed by atoms with Gasteiger partial charge in [0.25, 0.3) is 0 Å². The lowest BCUT2D eigenvalue weighted by Gasteiger charge is -2.23. The zero-order valence-corrected chi connectivity index (χ0v) is 17.3. The van der Waals surface area contributed by atoms with E-state index in [2.05, 4.69) is 6.58 Å². The summed E-state index contributed by atoms with van der Waals surface area (Å²) in [5.41, 5.74) is 5.54. The van der Waals surface area contributed by atoms with Crippen LogP contribution in [0, 0.1) is 20.8 Å². The lowest BCUT2D eigenvalue weighted by Crippen LogP contribution is -2.15. The molecule has 0 atom stereocenters. The van der Waals surface area contributed by atoms with Gasteiger partial charge >= 0.3 is 5.97 Å². The molecule has 150 valence electrons. The number of esters is 1. The molecule has 0 unspecified atom stereocenters. The maximum absolute atomic E-state index is 12.6. The normalized spacial score (nSPS) is 10.6. The van der Waals surface area contributed by atoms with Crippen LogP contribution >= 0.6 is 0 Å². The van der Waals surface area contributed by atoms with Gasteiger partial charge in [0.2, 0.25) is 0 Å². The number of methoxy groups -OCH3 is 2. The van der Waals surface area contributed by atoms with Gasteiger partial charge in [-0.1, -0.05) is 36.9 Å². The van der Waals surface area contributed by atoms with Crippen molar-refractivity contribution in [3.8, 4) is 5.75 Å². The van der Waals surface area contributed by atoms with E-state index in [4.69, 9.17) is 18.9 Å². The van der Waals surface area contributed by atoms with Gasteiger partial charge < -0.3 is 18.9 Å². The first-order valence-corrected chi connectivity index (χ1v) is 9.05. The number of hydrogen-bond acceptors (Lipinski definition) is 5. The van der Waals surface area contributed by atoms with Crippen molar-refractivity contribution in [3.63, 3.8) is 0 Å². The molecule has 28 heavy (non-hydrogen) atoms. The molecule has 0 aromatic heterocycles. The van der Waals surface area contributed by atoms with Gasteiger partial charge in [-0.25, -0.2) is 4.79 Å². The average molecular weight is 384 g/mol. The lowest BCUT2D eigenvalue weighted by molar-refractivity contribution is -0.0126. The second kappa shape index (κ2) is 10.1. The Hall–Kier alpha value is -2.63. The second-order valence-electron chi connectivity index (χ2n) is 6.60. The highest BCUT2D eigenvalue weighted by Gasteiger charge is 2.25. The number of carbonyl (C=O) groups is 1. The zero-order chi connectivity index (χ0) is 20.7. The molecule has 5 heteroatoms. The van der Waals surface area contributed by atoms with Crippen LogP contribution in [0.25, 0.3) is 5.57 Å². The Labute approximate surface area is 166 Å². The van der Waals surface area contributed by atoms with Crippen molar-refractivity contribution in [2.75, 3.05) is 27.6 Å². The Morgan fingerprint density at radius 3 is 2.21 bits per heavy atom. The van der Waals surface area contributed by atoms with Crippen LogP contribution in [-0.4, -0.2) is 33.6 Å². The van der Waals surface area contributed by atoms with Crippen molar-refractivity contribution in [1.82, 2.24) is 0 Å². The molecule has 0 bridgehead atoms. The van der Waals surface area contributed by atoms with E-state index in [0.717, 1.165) is 33.4 Å².